The molecule has 0 atom stereocenters. The predicted molar refractivity (Wildman–Crippen MR) is 132 cm³/mol. The van der Waals surface area contributed by atoms with Gasteiger partial charge in [-0.2, -0.15) is 5.10 Å². The molecule has 0 radical (unpaired) electrons. The number of pyridine rings is 1. The predicted octanol–water partition coefficient (Wildman–Crippen LogP) is 5.20. The number of hydrogen-bond acceptors (Lipinski definition) is 5. The van der Waals surface area contributed by atoms with E-state index in [1.807, 2.05) is 42.2 Å². The monoisotopic (exact) mass is 435 g/mol. The minimum absolute atomic E-state index is 0.167. The fourth-order valence-electron chi connectivity index (χ4n) is 2.98. The van der Waals surface area contributed by atoms with Crippen molar-refractivity contribution in [2.24, 2.45) is 4.99 Å². The van der Waals surface area contributed by atoms with E-state index in [4.69, 9.17) is 9.41 Å². The van der Waals surface area contributed by atoms with Crippen LogP contribution in [0.15, 0.2) is 53.7 Å². The number of benzene rings is 1. The van der Waals surface area contributed by atoms with Gasteiger partial charge in [0.05, 0.1) is 24.0 Å². The first-order valence-corrected chi connectivity index (χ1v) is 13.5. The van der Waals surface area contributed by atoms with Crippen molar-refractivity contribution in [2.45, 2.75) is 45.5 Å². The van der Waals surface area contributed by atoms with E-state index in [0.717, 1.165) is 33.7 Å². The van der Waals surface area contributed by atoms with Gasteiger partial charge in [-0.3, -0.25) is 4.99 Å². The second-order valence-corrected chi connectivity index (χ2v) is 13.9. The summed E-state index contributed by atoms with van der Waals surface area (Å²) in [7, 11) is 1.83. The molecule has 0 aliphatic heterocycles. The van der Waals surface area contributed by atoms with Crippen LogP contribution in [0.1, 0.15) is 32.0 Å². The van der Waals surface area contributed by atoms with Gasteiger partial charge >= 0.3 is 0 Å². The van der Waals surface area contributed by atoms with Crippen LogP contribution in [0.4, 0.5) is 0 Å². The van der Waals surface area contributed by atoms with E-state index >= 15 is 0 Å². The molecule has 0 aliphatic carbocycles. The van der Waals surface area contributed by atoms with Gasteiger partial charge in [-0.25, -0.2) is 9.67 Å². The molecule has 0 spiro atoms. The Morgan fingerprint density at radius 2 is 2.00 bits per heavy atom. The Kier molecular flexibility index (Phi) is 6.76. The highest BCUT2D eigenvalue weighted by atomic mass is 28.4. The van der Waals surface area contributed by atoms with Gasteiger partial charge in [-0.05, 0) is 48.0 Å². The standard InChI is InChI=1S/C24H33N5OSi/c1-24(2,3)31(6,7)30-17-20-9-8-10-23(28-20)29-22-15-18(11-12-19(22)16-27-29)21(26-5)13-14-25-4/h8-16,26H,17H2,1-7H3. The van der Waals surface area contributed by atoms with Crippen LogP contribution < -0.4 is 5.32 Å². The van der Waals surface area contributed by atoms with Crippen molar-refractivity contribution in [3.05, 3.63) is 59.9 Å². The molecule has 3 rings (SSSR count). The SMILES string of the molecule is CN=CC=C(NC)c1ccc2cnn(-c3cccc(CO[Si](C)(C)C(C)(C)C)n3)c2c1. The molecule has 7 heteroatoms. The first-order valence-electron chi connectivity index (χ1n) is 10.5. The highest BCUT2D eigenvalue weighted by Gasteiger charge is 2.37. The Balaban J connectivity index is 1.93. The molecule has 2 aromatic heterocycles. The molecule has 3 aromatic rings. The van der Waals surface area contributed by atoms with Crippen LogP contribution in [0.5, 0.6) is 0 Å². The van der Waals surface area contributed by atoms with Gasteiger partial charge in [0, 0.05) is 31.4 Å². The summed E-state index contributed by atoms with van der Waals surface area (Å²) >= 11 is 0. The van der Waals surface area contributed by atoms with Gasteiger partial charge in [-0.1, -0.05) is 39.0 Å². The lowest BCUT2D eigenvalue weighted by Gasteiger charge is -2.36. The molecule has 6 nitrogen and oxygen atoms in total. The number of nitrogens with zero attached hydrogens (tertiary/aromatic N) is 4. The van der Waals surface area contributed by atoms with Crippen LogP contribution >= 0.6 is 0 Å². The van der Waals surface area contributed by atoms with Crippen LogP contribution in [0.2, 0.25) is 18.1 Å². The minimum atomic E-state index is -1.84. The summed E-state index contributed by atoms with van der Waals surface area (Å²) in [5.41, 5.74) is 3.97. The second kappa shape index (κ2) is 9.16. The molecule has 164 valence electrons. The number of allylic oxidation sites excluding steroid dienone is 1. The zero-order valence-corrected chi connectivity index (χ0v) is 20.6. The van der Waals surface area contributed by atoms with Crippen molar-refractivity contribution in [1.29, 1.82) is 0 Å². The fraction of sp³-hybridized carbons (Fsp3) is 0.375. The Labute approximate surface area is 186 Å². The Hall–Kier alpha value is -2.77. The van der Waals surface area contributed by atoms with Crippen LogP contribution in [0.25, 0.3) is 22.4 Å². The van der Waals surface area contributed by atoms with E-state index < -0.39 is 8.32 Å². The van der Waals surface area contributed by atoms with E-state index in [1.54, 1.807) is 13.3 Å². The molecule has 1 aromatic carbocycles. The molecule has 0 saturated carbocycles. The molecule has 0 amide bonds. The molecule has 2 heterocycles. The number of aromatic nitrogens is 3. The summed E-state index contributed by atoms with van der Waals surface area (Å²) in [4.78, 5) is 8.89. The number of hydrogen-bond donors (Lipinski definition) is 1. The topological polar surface area (TPSA) is 64.3 Å². The second-order valence-electron chi connectivity index (χ2n) is 9.10. The minimum Gasteiger partial charge on any atom is -0.411 e. The highest BCUT2D eigenvalue weighted by molar-refractivity contribution is 6.74. The van der Waals surface area contributed by atoms with Gasteiger partial charge < -0.3 is 9.74 Å². The third-order valence-electron chi connectivity index (χ3n) is 5.94. The lowest BCUT2D eigenvalue weighted by molar-refractivity contribution is 0.272. The van der Waals surface area contributed by atoms with Crippen LogP contribution in [0, 0.1) is 0 Å². The van der Waals surface area contributed by atoms with Gasteiger partial charge in [0.15, 0.2) is 14.1 Å². The van der Waals surface area contributed by atoms with E-state index in [0.29, 0.717) is 6.61 Å². The Morgan fingerprint density at radius 1 is 1.23 bits per heavy atom. The van der Waals surface area contributed by atoms with Crippen molar-refractivity contribution in [1.82, 2.24) is 20.1 Å². The Morgan fingerprint density at radius 3 is 2.68 bits per heavy atom. The molecule has 0 saturated heterocycles. The summed E-state index contributed by atoms with van der Waals surface area (Å²) in [6.45, 7) is 11.8. The molecule has 0 unspecified atom stereocenters. The maximum atomic E-state index is 6.36. The maximum absolute atomic E-state index is 6.36. The summed E-state index contributed by atoms with van der Waals surface area (Å²) < 4.78 is 8.25. The highest BCUT2D eigenvalue weighted by Crippen LogP contribution is 2.37. The molecular formula is C24H33N5OSi. The number of aliphatic imine (C=N–C) groups is 1. The number of nitrogens with one attached hydrogen (secondary N) is 1. The average molecular weight is 436 g/mol. The molecule has 1 N–H and O–H groups in total. The van der Waals surface area contributed by atoms with Crippen LogP contribution in [0.3, 0.4) is 0 Å². The van der Waals surface area contributed by atoms with Gasteiger partial charge in [0.1, 0.15) is 0 Å². The van der Waals surface area contributed by atoms with Crippen molar-refractivity contribution in [2.75, 3.05) is 14.1 Å². The first-order chi connectivity index (χ1) is 14.7. The zero-order valence-electron chi connectivity index (χ0n) is 19.6. The molecule has 0 aliphatic rings. The zero-order chi connectivity index (χ0) is 22.6. The average Bonchev–Trinajstić information content (AvgIpc) is 3.16. The summed E-state index contributed by atoms with van der Waals surface area (Å²) in [5, 5.41) is 9.06. The largest absolute Gasteiger partial charge is 0.411 e. The lowest BCUT2D eigenvalue weighted by Crippen LogP contribution is -2.40. The summed E-state index contributed by atoms with van der Waals surface area (Å²) in [6.07, 6.45) is 5.61. The van der Waals surface area contributed by atoms with E-state index in [1.165, 1.54) is 0 Å². The van der Waals surface area contributed by atoms with Crippen molar-refractivity contribution in [3.8, 4) is 5.82 Å². The van der Waals surface area contributed by atoms with Crippen molar-refractivity contribution in [3.63, 3.8) is 0 Å². The van der Waals surface area contributed by atoms with Gasteiger partial charge in [-0.15, -0.1) is 0 Å². The molecule has 31 heavy (non-hydrogen) atoms. The van der Waals surface area contributed by atoms with Crippen molar-refractivity contribution < 1.29 is 4.43 Å². The smallest absolute Gasteiger partial charge is 0.192 e. The fourth-order valence-corrected chi connectivity index (χ4v) is 3.92. The van der Waals surface area contributed by atoms with Crippen LogP contribution in [-0.2, 0) is 11.0 Å². The molecule has 0 bridgehead atoms. The van der Waals surface area contributed by atoms with Crippen LogP contribution in [-0.4, -0.2) is 43.4 Å². The summed E-state index contributed by atoms with van der Waals surface area (Å²) in [5.74, 6) is 0.786. The van der Waals surface area contributed by atoms with E-state index in [9.17, 15) is 0 Å². The third-order valence-corrected chi connectivity index (χ3v) is 10.4. The molecular weight excluding hydrogens is 402 g/mol. The maximum Gasteiger partial charge on any atom is 0.192 e. The normalized spacial score (nSPS) is 13.3. The lowest BCUT2D eigenvalue weighted by atomic mass is 10.1. The third kappa shape index (κ3) is 5.11. The summed E-state index contributed by atoms with van der Waals surface area (Å²) in [6, 6.07) is 12.3. The first kappa shape index (κ1) is 22.9. The molecule has 0 fully saturated rings. The Bertz CT molecular complexity index is 1110. The van der Waals surface area contributed by atoms with Crippen molar-refractivity contribution >= 4 is 31.1 Å². The number of rotatable bonds is 7. The van der Waals surface area contributed by atoms with E-state index in [-0.39, 0.29) is 5.04 Å². The van der Waals surface area contributed by atoms with E-state index in [2.05, 4.69) is 67.5 Å². The van der Waals surface area contributed by atoms with Gasteiger partial charge in [0.25, 0.3) is 0 Å². The quantitative estimate of drug-likeness (QED) is 0.409. The van der Waals surface area contributed by atoms with Gasteiger partial charge in [0.2, 0.25) is 0 Å². The number of fused-ring (bicyclic) bond motifs is 1.